The maximum atomic E-state index is 4.34. The van der Waals surface area contributed by atoms with E-state index in [1.807, 2.05) is 26.2 Å². The van der Waals surface area contributed by atoms with E-state index in [-0.39, 0.29) is 6.04 Å². The zero-order valence-corrected chi connectivity index (χ0v) is 11.6. The molecule has 2 nitrogen and oxygen atoms in total. The van der Waals surface area contributed by atoms with Crippen LogP contribution in [0.4, 0.5) is 0 Å². The Balaban J connectivity index is 2.37. The van der Waals surface area contributed by atoms with Gasteiger partial charge in [-0.25, -0.2) is 0 Å². The minimum absolute atomic E-state index is 0.203. The second-order valence-electron chi connectivity index (χ2n) is 3.63. The number of hydrogen-bond donors (Lipinski definition) is 1. The van der Waals surface area contributed by atoms with Crippen molar-refractivity contribution in [2.45, 2.75) is 13.0 Å². The molecular weight excluding hydrogens is 284 g/mol. The summed E-state index contributed by atoms with van der Waals surface area (Å²) in [7, 11) is 1.97. The monoisotopic (exact) mass is 296 g/mol. The van der Waals surface area contributed by atoms with Gasteiger partial charge in [0.05, 0.1) is 6.04 Å². The van der Waals surface area contributed by atoms with Gasteiger partial charge < -0.3 is 5.32 Å². The molecule has 0 fully saturated rings. The summed E-state index contributed by atoms with van der Waals surface area (Å²) in [6.07, 6.45) is 1.93. The summed E-state index contributed by atoms with van der Waals surface area (Å²) >= 11 is 5.27. The van der Waals surface area contributed by atoms with Crippen LogP contribution in [-0.4, -0.2) is 12.0 Å². The second kappa shape index (κ2) is 5.08. The number of hydrogen-bond acceptors (Lipinski definition) is 3. The molecule has 16 heavy (non-hydrogen) atoms. The third-order valence-corrected chi connectivity index (χ3v) is 4.26. The Hall–Kier alpha value is -0.710. The zero-order valence-electron chi connectivity index (χ0n) is 9.20. The number of pyridine rings is 1. The van der Waals surface area contributed by atoms with Crippen molar-refractivity contribution in [1.82, 2.24) is 10.3 Å². The van der Waals surface area contributed by atoms with Gasteiger partial charge >= 0.3 is 0 Å². The lowest BCUT2D eigenvalue weighted by Crippen LogP contribution is -2.17. The van der Waals surface area contributed by atoms with Gasteiger partial charge in [0.1, 0.15) is 0 Å². The summed E-state index contributed by atoms with van der Waals surface area (Å²) in [4.78, 5) is 4.34. The molecule has 0 spiro atoms. The predicted molar refractivity (Wildman–Crippen MR) is 71.9 cm³/mol. The van der Waals surface area contributed by atoms with Crippen LogP contribution in [0.5, 0.6) is 0 Å². The average Bonchev–Trinajstić information content (AvgIpc) is 2.69. The highest BCUT2D eigenvalue weighted by molar-refractivity contribution is 9.10. The first-order valence-corrected chi connectivity index (χ1v) is 6.77. The second-order valence-corrected chi connectivity index (χ2v) is 5.23. The van der Waals surface area contributed by atoms with Gasteiger partial charge in [-0.3, -0.25) is 4.98 Å². The highest BCUT2D eigenvalue weighted by Crippen LogP contribution is 2.30. The fourth-order valence-electron chi connectivity index (χ4n) is 1.65. The average molecular weight is 297 g/mol. The molecule has 2 rings (SSSR count). The highest BCUT2D eigenvalue weighted by Gasteiger charge is 2.15. The molecule has 1 N–H and O–H groups in total. The van der Waals surface area contributed by atoms with Crippen molar-refractivity contribution in [2.75, 3.05) is 7.05 Å². The van der Waals surface area contributed by atoms with E-state index in [0.717, 1.165) is 10.2 Å². The molecular formula is C12H13BrN2S. The van der Waals surface area contributed by atoms with E-state index >= 15 is 0 Å². The van der Waals surface area contributed by atoms with Crippen LogP contribution in [0.25, 0.3) is 0 Å². The molecule has 0 radical (unpaired) electrons. The SMILES string of the molecule is CNC(c1ccc(C)nc1)c1cscc1Br. The summed E-state index contributed by atoms with van der Waals surface area (Å²) in [6.45, 7) is 2.00. The smallest absolute Gasteiger partial charge is 0.0609 e. The Labute approximate surface area is 108 Å². The van der Waals surface area contributed by atoms with Crippen LogP contribution in [0, 0.1) is 6.92 Å². The van der Waals surface area contributed by atoms with Gasteiger partial charge in [0.15, 0.2) is 0 Å². The molecule has 2 heterocycles. The van der Waals surface area contributed by atoms with Gasteiger partial charge in [0.25, 0.3) is 0 Å². The Morgan fingerprint density at radius 3 is 2.69 bits per heavy atom. The van der Waals surface area contributed by atoms with Gasteiger partial charge in [-0.15, -0.1) is 0 Å². The molecule has 4 heteroatoms. The molecule has 0 aliphatic carbocycles. The number of rotatable bonds is 3. The van der Waals surface area contributed by atoms with Crippen LogP contribution in [0.3, 0.4) is 0 Å². The largest absolute Gasteiger partial charge is 0.309 e. The van der Waals surface area contributed by atoms with Gasteiger partial charge in [0, 0.05) is 21.7 Å². The predicted octanol–water partition coefficient (Wildman–Crippen LogP) is 3.52. The van der Waals surface area contributed by atoms with Crippen LogP contribution >= 0.6 is 27.3 Å². The first kappa shape index (κ1) is 11.8. The molecule has 0 aliphatic rings. The molecule has 1 unspecified atom stereocenters. The molecule has 0 saturated heterocycles. The van der Waals surface area contributed by atoms with E-state index in [9.17, 15) is 0 Å². The molecule has 0 saturated carbocycles. The maximum absolute atomic E-state index is 4.34. The molecule has 0 amide bonds. The number of aromatic nitrogens is 1. The number of aryl methyl sites for hydroxylation is 1. The van der Waals surface area contributed by atoms with Crippen LogP contribution in [0.1, 0.15) is 22.9 Å². The van der Waals surface area contributed by atoms with E-state index < -0.39 is 0 Å². The van der Waals surface area contributed by atoms with E-state index in [2.05, 4.69) is 43.1 Å². The normalized spacial score (nSPS) is 12.7. The van der Waals surface area contributed by atoms with Crippen LogP contribution in [0.15, 0.2) is 33.6 Å². The topological polar surface area (TPSA) is 24.9 Å². The third-order valence-electron chi connectivity index (χ3n) is 2.51. The molecule has 1 atom stereocenters. The van der Waals surface area contributed by atoms with Crippen molar-refractivity contribution >= 4 is 27.3 Å². The minimum Gasteiger partial charge on any atom is -0.309 e. The molecule has 2 aromatic heterocycles. The summed E-state index contributed by atoms with van der Waals surface area (Å²) in [6, 6.07) is 4.36. The van der Waals surface area contributed by atoms with Gasteiger partial charge in [-0.05, 0) is 52.5 Å². The van der Waals surface area contributed by atoms with E-state index in [0.29, 0.717) is 0 Å². The summed E-state index contributed by atoms with van der Waals surface area (Å²) in [5.41, 5.74) is 3.49. The summed E-state index contributed by atoms with van der Waals surface area (Å²) < 4.78 is 1.15. The molecule has 2 aromatic rings. The van der Waals surface area contributed by atoms with Crippen LogP contribution < -0.4 is 5.32 Å². The van der Waals surface area contributed by atoms with Crippen molar-refractivity contribution in [1.29, 1.82) is 0 Å². The number of nitrogens with one attached hydrogen (secondary N) is 1. The highest BCUT2D eigenvalue weighted by atomic mass is 79.9. The Bertz CT molecular complexity index is 464. The molecule has 0 bridgehead atoms. The first-order valence-electron chi connectivity index (χ1n) is 5.03. The van der Waals surface area contributed by atoms with Gasteiger partial charge in [-0.1, -0.05) is 6.07 Å². The lowest BCUT2D eigenvalue weighted by atomic mass is 10.0. The quantitative estimate of drug-likeness (QED) is 0.937. The maximum Gasteiger partial charge on any atom is 0.0609 e. The van der Waals surface area contributed by atoms with Gasteiger partial charge in [0.2, 0.25) is 0 Å². The fourth-order valence-corrected chi connectivity index (χ4v) is 3.20. The van der Waals surface area contributed by atoms with Crippen molar-refractivity contribution in [3.8, 4) is 0 Å². The van der Waals surface area contributed by atoms with E-state index in [1.165, 1.54) is 11.1 Å². The van der Waals surface area contributed by atoms with Crippen molar-refractivity contribution < 1.29 is 0 Å². The summed E-state index contributed by atoms with van der Waals surface area (Å²) in [5.74, 6) is 0. The van der Waals surface area contributed by atoms with Crippen LogP contribution in [-0.2, 0) is 0 Å². The lowest BCUT2D eigenvalue weighted by Gasteiger charge is -2.16. The van der Waals surface area contributed by atoms with E-state index in [1.54, 1.807) is 11.3 Å². The van der Waals surface area contributed by atoms with Crippen molar-refractivity contribution in [3.63, 3.8) is 0 Å². The van der Waals surface area contributed by atoms with Crippen molar-refractivity contribution in [2.24, 2.45) is 0 Å². The number of halogens is 1. The number of thiophene rings is 1. The molecule has 84 valence electrons. The number of nitrogens with zero attached hydrogens (tertiary/aromatic N) is 1. The van der Waals surface area contributed by atoms with Crippen molar-refractivity contribution in [3.05, 3.63) is 50.4 Å². The fraction of sp³-hybridized carbons (Fsp3) is 0.250. The van der Waals surface area contributed by atoms with Gasteiger partial charge in [-0.2, -0.15) is 11.3 Å². The molecule has 0 aliphatic heterocycles. The minimum atomic E-state index is 0.203. The van der Waals surface area contributed by atoms with E-state index in [4.69, 9.17) is 0 Å². The Morgan fingerprint density at radius 1 is 1.38 bits per heavy atom. The third kappa shape index (κ3) is 2.34. The summed E-state index contributed by atoms with van der Waals surface area (Å²) in [5, 5.41) is 7.57. The van der Waals surface area contributed by atoms with Crippen LogP contribution in [0.2, 0.25) is 0 Å². The zero-order chi connectivity index (χ0) is 11.5. The Kier molecular flexibility index (Phi) is 3.74. The first-order chi connectivity index (χ1) is 7.72. The standard InChI is InChI=1S/C12H13BrN2S/c1-8-3-4-9(5-15-8)12(14-2)10-6-16-7-11(10)13/h3-7,12,14H,1-2H3. The Morgan fingerprint density at radius 2 is 2.19 bits per heavy atom. The lowest BCUT2D eigenvalue weighted by molar-refractivity contribution is 0.688. The molecule has 0 aromatic carbocycles.